The predicted octanol–water partition coefficient (Wildman–Crippen LogP) is 11.6. The lowest BCUT2D eigenvalue weighted by molar-refractivity contribution is 1.18. The van der Waals surface area contributed by atoms with Gasteiger partial charge in [-0.2, -0.15) is 0 Å². The lowest BCUT2D eigenvalue weighted by Gasteiger charge is -2.12. The average molecular weight is 639 g/mol. The van der Waals surface area contributed by atoms with Crippen molar-refractivity contribution in [2.45, 2.75) is 0 Å². The van der Waals surface area contributed by atoms with E-state index in [0.29, 0.717) is 5.82 Å². The smallest absolute Gasteiger partial charge is 0.160 e. The Morgan fingerprint density at radius 3 is 1.48 bits per heavy atom. The van der Waals surface area contributed by atoms with Crippen LogP contribution in [0.5, 0.6) is 0 Å². The fourth-order valence-electron chi connectivity index (χ4n) is 6.61. The van der Waals surface area contributed by atoms with E-state index < -0.39 is 0 Å². The molecule has 3 aromatic heterocycles. The van der Waals surface area contributed by atoms with Crippen LogP contribution < -0.4 is 0 Å². The molecule has 0 bridgehead atoms. The van der Waals surface area contributed by atoms with Crippen LogP contribution in [0.2, 0.25) is 0 Å². The van der Waals surface area contributed by atoms with Crippen molar-refractivity contribution >= 4 is 21.7 Å². The summed E-state index contributed by atoms with van der Waals surface area (Å²) in [6, 6.07) is 62.6. The molecule has 0 saturated carbocycles. The van der Waals surface area contributed by atoms with Crippen LogP contribution in [0.15, 0.2) is 182 Å². The molecule has 0 fully saturated rings. The Morgan fingerprint density at radius 1 is 0.260 bits per heavy atom. The molecular weight excluding hydrogens is 609 g/mol. The molecule has 0 spiro atoms. The second-order valence-corrected chi connectivity index (χ2v) is 12.3. The van der Waals surface area contributed by atoms with Crippen molar-refractivity contribution in [3.05, 3.63) is 182 Å². The Kier molecular flexibility index (Phi) is 7.45. The summed E-state index contributed by atoms with van der Waals surface area (Å²) in [7, 11) is 0. The third-order valence-electron chi connectivity index (χ3n) is 9.08. The molecule has 6 aromatic carbocycles. The Bertz CT molecular complexity index is 2590. The molecule has 0 aliphatic carbocycles. The molecule has 4 nitrogen and oxygen atoms in total. The van der Waals surface area contributed by atoms with Crippen LogP contribution in [0.4, 0.5) is 0 Å². The summed E-state index contributed by atoms with van der Waals surface area (Å²) in [6.45, 7) is 0. The maximum absolute atomic E-state index is 5.17. The summed E-state index contributed by atoms with van der Waals surface area (Å²) in [5.41, 5.74) is 11.7. The van der Waals surface area contributed by atoms with E-state index in [0.717, 1.165) is 78.1 Å². The normalized spacial score (nSPS) is 11.2. The second-order valence-electron chi connectivity index (χ2n) is 12.3. The number of benzene rings is 6. The first-order valence-electron chi connectivity index (χ1n) is 16.7. The summed E-state index contributed by atoms with van der Waals surface area (Å²) in [4.78, 5) is 20.3. The van der Waals surface area contributed by atoms with Crippen molar-refractivity contribution in [1.29, 1.82) is 0 Å². The minimum absolute atomic E-state index is 0.703. The van der Waals surface area contributed by atoms with Gasteiger partial charge in [-0.3, -0.25) is 0 Å². The third kappa shape index (κ3) is 5.59. The van der Waals surface area contributed by atoms with Crippen LogP contribution in [0, 0.1) is 0 Å². The molecule has 3 heterocycles. The van der Waals surface area contributed by atoms with Gasteiger partial charge in [0.2, 0.25) is 0 Å². The van der Waals surface area contributed by atoms with Crippen molar-refractivity contribution in [3.8, 4) is 67.7 Å². The van der Waals surface area contributed by atoms with Crippen LogP contribution in [0.3, 0.4) is 0 Å². The van der Waals surface area contributed by atoms with Crippen LogP contribution in [0.25, 0.3) is 89.4 Å². The molecule has 0 N–H and O–H groups in total. The van der Waals surface area contributed by atoms with Crippen LogP contribution >= 0.6 is 0 Å². The Balaban J connectivity index is 1.10. The van der Waals surface area contributed by atoms with Gasteiger partial charge in [-0.1, -0.05) is 146 Å². The zero-order chi connectivity index (χ0) is 33.3. The summed E-state index contributed by atoms with van der Waals surface area (Å²) in [6.07, 6.45) is 0. The van der Waals surface area contributed by atoms with Crippen LogP contribution in [-0.4, -0.2) is 19.9 Å². The number of rotatable bonds is 6. The minimum Gasteiger partial charge on any atom is -0.246 e. The fourth-order valence-corrected chi connectivity index (χ4v) is 6.61. The van der Waals surface area contributed by atoms with Gasteiger partial charge >= 0.3 is 0 Å². The summed E-state index contributed by atoms with van der Waals surface area (Å²) in [5, 5.41) is 3.42. The van der Waals surface area contributed by atoms with Gasteiger partial charge in [-0.15, -0.1) is 0 Å². The molecule has 234 valence electrons. The molecule has 9 rings (SSSR count). The first-order chi connectivity index (χ1) is 24.8. The van der Waals surface area contributed by atoms with Crippen molar-refractivity contribution < 1.29 is 0 Å². The van der Waals surface area contributed by atoms with Gasteiger partial charge < -0.3 is 0 Å². The second kappa shape index (κ2) is 12.7. The summed E-state index contributed by atoms with van der Waals surface area (Å²) < 4.78 is 0. The van der Waals surface area contributed by atoms with E-state index in [4.69, 9.17) is 19.9 Å². The van der Waals surface area contributed by atoms with E-state index in [1.54, 1.807) is 0 Å². The number of fused-ring (bicyclic) bond motifs is 3. The van der Waals surface area contributed by atoms with Crippen molar-refractivity contribution in [3.63, 3.8) is 0 Å². The Hall–Kier alpha value is -6.78. The topological polar surface area (TPSA) is 51.6 Å². The quantitative estimate of drug-likeness (QED) is 0.170. The molecule has 9 aromatic rings. The van der Waals surface area contributed by atoms with Gasteiger partial charge in [-0.05, 0) is 52.9 Å². The first kappa shape index (κ1) is 29.4. The van der Waals surface area contributed by atoms with Gasteiger partial charge in [0.25, 0.3) is 0 Å². The SMILES string of the molecule is c1ccc(-c2cc(-c3cccc(-c4cccc(-c5cccc(-c6nc7ccccc7c7ccccc67)n5)c4)c3)nc(-c3ccccc3)n2)cc1. The van der Waals surface area contributed by atoms with Crippen LogP contribution in [-0.2, 0) is 0 Å². The molecule has 0 unspecified atom stereocenters. The first-order valence-corrected chi connectivity index (χ1v) is 16.7. The maximum Gasteiger partial charge on any atom is 0.160 e. The predicted molar refractivity (Wildman–Crippen MR) is 205 cm³/mol. The zero-order valence-electron chi connectivity index (χ0n) is 27.1. The minimum atomic E-state index is 0.703. The van der Waals surface area contributed by atoms with Gasteiger partial charge in [0.05, 0.1) is 34.0 Å². The molecule has 0 aliphatic heterocycles. The van der Waals surface area contributed by atoms with E-state index in [-0.39, 0.29) is 0 Å². The molecule has 50 heavy (non-hydrogen) atoms. The van der Waals surface area contributed by atoms with Crippen molar-refractivity contribution in [2.24, 2.45) is 0 Å². The zero-order valence-corrected chi connectivity index (χ0v) is 27.1. The number of aromatic nitrogens is 4. The standard InChI is InChI=1S/C46H30N4/c1-3-14-31(15-4-1)43-30-44(50-46(49-43)32-16-5-2-6-17-32)36-21-12-19-34(29-36)33-18-11-20-35(28-33)40-26-13-27-42(47-40)45-39-24-8-7-22-37(39)38-23-9-10-25-41(38)48-45/h1-30H. The lowest BCUT2D eigenvalue weighted by Crippen LogP contribution is -1.96. The van der Waals surface area contributed by atoms with E-state index in [9.17, 15) is 0 Å². The molecule has 0 amide bonds. The highest BCUT2D eigenvalue weighted by atomic mass is 14.9. The largest absolute Gasteiger partial charge is 0.246 e. The molecule has 0 atom stereocenters. The maximum atomic E-state index is 5.17. The molecule has 4 heteroatoms. The van der Waals surface area contributed by atoms with Gasteiger partial charge in [0.1, 0.15) is 0 Å². The number of hydrogen-bond acceptors (Lipinski definition) is 4. The number of para-hydroxylation sites is 1. The third-order valence-corrected chi connectivity index (χ3v) is 9.08. The highest BCUT2D eigenvalue weighted by molar-refractivity contribution is 6.10. The number of pyridine rings is 2. The summed E-state index contributed by atoms with van der Waals surface area (Å²) in [5.74, 6) is 0.703. The fraction of sp³-hybridized carbons (Fsp3) is 0. The number of nitrogens with zero attached hydrogens (tertiary/aromatic N) is 4. The monoisotopic (exact) mass is 638 g/mol. The van der Waals surface area contributed by atoms with E-state index in [1.807, 2.05) is 42.5 Å². The summed E-state index contributed by atoms with van der Waals surface area (Å²) >= 11 is 0. The van der Waals surface area contributed by atoms with Crippen molar-refractivity contribution in [1.82, 2.24) is 19.9 Å². The molecule has 0 aliphatic rings. The highest BCUT2D eigenvalue weighted by Crippen LogP contribution is 2.34. The molecule has 0 saturated heterocycles. The highest BCUT2D eigenvalue weighted by Gasteiger charge is 2.14. The van der Waals surface area contributed by atoms with E-state index in [1.165, 1.54) is 5.39 Å². The van der Waals surface area contributed by atoms with Gasteiger partial charge in [0.15, 0.2) is 5.82 Å². The van der Waals surface area contributed by atoms with Crippen molar-refractivity contribution in [2.75, 3.05) is 0 Å². The van der Waals surface area contributed by atoms with Crippen LogP contribution in [0.1, 0.15) is 0 Å². The van der Waals surface area contributed by atoms with Gasteiger partial charge in [0, 0.05) is 33.0 Å². The van der Waals surface area contributed by atoms with E-state index in [2.05, 4.69) is 140 Å². The average Bonchev–Trinajstić information content (AvgIpc) is 3.21. The lowest BCUT2D eigenvalue weighted by atomic mass is 9.98. The Labute approximate surface area is 290 Å². The van der Waals surface area contributed by atoms with E-state index >= 15 is 0 Å². The molecular formula is C46H30N4. The van der Waals surface area contributed by atoms with Gasteiger partial charge in [-0.25, -0.2) is 19.9 Å². The number of hydrogen-bond donors (Lipinski definition) is 0. The Morgan fingerprint density at radius 2 is 0.760 bits per heavy atom. The molecule has 0 radical (unpaired) electrons.